The Morgan fingerprint density at radius 1 is 1.04 bits per heavy atom. The second-order valence-corrected chi connectivity index (χ2v) is 5.63. The van der Waals surface area contributed by atoms with E-state index in [1.807, 2.05) is 55.5 Å². The van der Waals surface area contributed by atoms with Gasteiger partial charge in [-0.3, -0.25) is 0 Å². The van der Waals surface area contributed by atoms with Gasteiger partial charge in [0.15, 0.2) is 12.4 Å². The molecule has 0 fully saturated rings. The number of ether oxygens (including phenoxy) is 2. The van der Waals surface area contributed by atoms with E-state index in [1.165, 1.54) is 0 Å². The van der Waals surface area contributed by atoms with E-state index in [0.29, 0.717) is 23.8 Å². The summed E-state index contributed by atoms with van der Waals surface area (Å²) in [5.74, 6) is 2.69. The van der Waals surface area contributed by atoms with Crippen molar-refractivity contribution in [2.75, 3.05) is 7.11 Å². The van der Waals surface area contributed by atoms with Gasteiger partial charge in [-0.25, -0.2) is 4.98 Å². The number of hydrogen-bond donors (Lipinski definition) is 1. The first kappa shape index (κ1) is 17.0. The molecule has 1 N–H and O–H groups in total. The third-order valence-corrected chi connectivity index (χ3v) is 3.94. The molecule has 5 nitrogen and oxygen atoms in total. The zero-order valence-electron chi connectivity index (χ0n) is 14.3. The number of benzene rings is 2. The molecule has 1 atom stereocenters. The van der Waals surface area contributed by atoms with E-state index >= 15 is 0 Å². The van der Waals surface area contributed by atoms with Crippen molar-refractivity contribution in [3.05, 3.63) is 66.2 Å². The number of aliphatic hydroxyl groups excluding tert-OH is 1. The fourth-order valence-corrected chi connectivity index (χ4v) is 2.43. The third kappa shape index (κ3) is 4.19. The van der Waals surface area contributed by atoms with Crippen molar-refractivity contribution in [1.29, 1.82) is 0 Å². The SMILES string of the molecule is CCC(O)c1ccc(OCc2ncc(-c3ccc(OC)cc3)o2)cc1. The Kier molecular flexibility index (Phi) is 5.36. The van der Waals surface area contributed by atoms with E-state index in [0.717, 1.165) is 16.9 Å². The van der Waals surface area contributed by atoms with Gasteiger partial charge in [0.05, 0.1) is 19.4 Å². The molecule has 3 aromatic rings. The lowest BCUT2D eigenvalue weighted by Crippen LogP contribution is -1.97. The molecular weight excluding hydrogens is 318 g/mol. The maximum Gasteiger partial charge on any atom is 0.232 e. The molecule has 5 heteroatoms. The number of hydrogen-bond acceptors (Lipinski definition) is 5. The number of rotatable bonds is 7. The van der Waals surface area contributed by atoms with Gasteiger partial charge in [-0.05, 0) is 48.4 Å². The molecule has 0 bridgehead atoms. The molecule has 0 spiro atoms. The molecular formula is C20H21NO4. The van der Waals surface area contributed by atoms with Crippen LogP contribution in [-0.4, -0.2) is 17.2 Å². The summed E-state index contributed by atoms with van der Waals surface area (Å²) in [7, 11) is 1.63. The Labute approximate surface area is 146 Å². The summed E-state index contributed by atoms with van der Waals surface area (Å²) in [4.78, 5) is 4.25. The van der Waals surface area contributed by atoms with Gasteiger partial charge in [0.25, 0.3) is 0 Å². The van der Waals surface area contributed by atoms with Crippen molar-refractivity contribution in [3.63, 3.8) is 0 Å². The predicted octanol–water partition coefficient (Wildman–Crippen LogP) is 4.37. The van der Waals surface area contributed by atoms with Crippen LogP contribution in [-0.2, 0) is 6.61 Å². The van der Waals surface area contributed by atoms with Crippen LogP contribution in [0.25, 0.3) is 11.3 Å². The average Bonchev–Trinajstić information content (AvgIpc) is 3.15. The zero-order chi connectivity index (χ0) is 17.6. The Morgan fingerprint density at radius 3 is 2.36 bits per heavy atom. The van der Waals surface area contributed by atoms with Crippen LogP contribution in [0.2, 0.25) is 0 Å². The molecule has 0 saturated heterocycles. The molecule has 2 aromatic carbocycles. The second kappa shape index (κ2) is 7.85. The van der Waals surface area contributed by atoms with Crippen molar-refractivity contribution >= 4 is 0 Å². The number of oxazole rings is 1. The summed E-state index contributed by atoms with van der Waals surface area (Å²) >= 11 is 0. The fraction of sp³-hybridized carbons (Fsp3) is 0.250. The minimum atomic E-state index is -0.437. The number of methoxy groups -OCH3 is 1. The highest BCUT2D eigenvalue weighted by Gasteiger charge is 2.08. The Hall–Kier alpha value is -2.79. The molecule has 0 radical (unpaired) electrons. The quantitative estimate of drug-likeness (QED) is 0.692. The molecule has 1 aromatic heterocycles. The highest BCUT2D eigenvalue weighted by Crippen LogP contribution is 2.24. The van der Waals surface area contributed by atoms with E-state index in [-0.39, 0.29) is 6.61 Å². The Bertz CT molecular complexity index is 793. The van der Waals surface area contributed by atoms with Crippen LogP contribution in [0.1, 0.15) is 30.9 Å². The van der Waals surface area contributed by atoms with Gasteiger partial charge in [0.1, 0.15) is 11.5 Å². The van der Waals surface area contributed by atoms with Gasteiger partial charge < -0.3 is 19.0 Å². The first-order valence-electron chi connectivity index (χ1n) is 8.19. The standard InChI is InChI=1S/C20H21NO4/c1-3-18(22)14-4-10-17(11-5-14)24-13-20-21-12-19(25-20)15-6-8-16(23-2)9-7-15/h4-12,18,22H,3,13H2,1-2H3. The Balaban J connectivity index is 1.61. The average molecular weight is 339 g/mol. The number of aromatic nitrogens is 1. The van der Waals surface area contributed by atoms with Crippen molar-refractivity contribution in [2.45, 2.75) is 26.1 Å². The van der Waals surface area contributed by atoms with Crippen LogP contribution in [0.4, 0.5) is 0 Å². The van der Waals surface area contributed by atoms with Crippen molar-refractivity contribution < 1.29 is 19.0 Å². The first-order valence-corrected chi connectivity index (χ1v) is 8.19. The molecule has 1 heterocycles. The van der Waals surface area contributed by atoms with Crippen LogP contribution in [0.15, 0.2) is 59.1 Å². The van der Waals surface area contributed by atoms with Crippen molar-refractivity contribution in [3.8, 4) is 22.8 Å². The fourth-order valence-electron chi connectivity index (χ4n) is 2.43. The maximum absolute atomic E-state index is 9.80. The minimum absolute atomic E-state index is 0.242. The number of nitrogens with zero attached hydrogens (tertiary/aromatic N) is 1. The molecule has 0 aliphatic rings. The monoisotopic (exact) mass is 339 g/mol. The number of aliphatic hydroxyl groups is 1. The van der Waals surface area contributed by atoms with Gasteiger partial charge in [-0.15, -0.1) is 0 Å². The smallest absolute Gasteiger partial charge is 0.232 e. The summed E-state index contributed by atoms with van der Waals surface area (Å²) in [6, 6.07) is 15.0. The van der Waals surface area contributed by atoms with Crippen LogP contribution in [0.5, 0.6) is 11.5 Å². The molecule has 3 rings (SSSR count). The second-order valence-electron chi connectivity index (χ2n) is 5.63. The topological polar surface area (TPSA) is 64.7 Å². The van der Waals surface area contributed by atoms with Gasteiger partial charge in [0, 0.05) is 5.56 Å². The molecule has 25 heavy (non-hydrogen) atoms. The van der Waals surface area contributed by atoms with Crippen LogP contribution in [0.3, 0.4) is 0 Å². The highest BCUT2D eigenvalue weighted by molar-refractivity contribution is 5.57. The summed E-state index contributed by atoms with van der Waals surface area (Å²) in [5.41, 5.74) is 1.81. The predicted molar refractivity (Wildman–Crippen MR) is 94.5 cm³/mol. The van der Waals surface area contributed by atoms with E-state index in [2.05, 4.69) is 4.98 Å². The summed E-state index contributed by atoms with van der Waals surface area (Å²) in [5, 5.41) is 9.80. The van der Waals surface area contributed by atoms with Crippen molar-refractivity contribution in [1.82, 2.24) is 4.98 Å². The van der Waals surface area contributed by atoms with E-state index < -0.39 is 6.10 Å². The normalized spacial score (nSPS) is 12.0. The molecule has 0 saturated carbocycles. The van der Waals surface area contributed by atoms with Crippen molar-refractivity contribution in [2.24, 2.45) is 0 Å². The molecule has 0 aliphatic carbocycles. The molecule has 0 amide bonds. The first-order chi connectivity index (χ1) is 12.2. The lowest BCUT2D eigenvalue weighted by molar-refractivity contribution is 0.173. The maximum atomic E-state index is 9.80. The highest BCUT2D eigenvalue weighted by atomic mass is 16.5. The van der Waals surface area contributed by atoms with E-state index in [1.54, 1.807) is 13.3 Å². The summed E-state index contributed by atoms with van der Waals surface area (Å²) in [6.07, 6.45) is 1.93. The van der Waals surface area contributed by atoms with E-state index in [9.17, 15) is 5.11 Å². The van der Waals surface area contributed by atoms with Gasteiger partial charge in [-0.2, -0.15) is 0 Å². The Morgan fingerprint density at radius 2 is 1.72 bits per heavy atom. The van der Waals surface area contributed by atoms with Crippen LogP contribution >= 0.6 is 0 Å². The lowest BCUT2D eigenvalue weighted by Gasteiger charge is -2.09. The lowest BCUT2D eigenvalue weighted by atomic mass is 10.1. The largest absolute Gasteiger partial charge is 0.497 e. The van der Waals surface area contributed by atoms with Gasteiger partial charge in [0.2, 0.25) is 5.89 Å². The van der Waals surface area contributed by atoms with Crippen LogP contribution in [0, 0.1) is 0 Å². The molecule has 1 unspecified atom stereocenters. The van der Waals surface area contributed by atoms with Gasteiger partial charge >= 0.3 is 0 Å². The van der Waals surface area contributed by atoms with Crippen LogP contribution < -0.4 is 9.47 Å². The minimum Gasteiger partial charge on any atom is -0.497 e. The van der Waals surface area contributed by atoms with E-state index in [4.69, 9.17) is 13.9 Å². The molecule has 130 valence electrons. The third-order valence-electron chi connectivity index (χ3n) is 3.94. The zero-order valence-corrected chi connectivity index (χ0v) is 14.3. The van der Waals surface area contributed by atoms with Gasteiger partial charge in [-0.1, -0.05) is 19.1 Å². The molecule has 0 aliphatic heterocycles. The summed E-state index contributed by atoms with van der Waals surface area (Å²) in [6.45, 7) is 2.18. The summed E-state index contributed by atoms with van der Waals surface area (Å²) < 4.78 is 16.6.